The van der Waals surface area contributed by atoms with Crippen molar-refractivity contribution in [3.8, 4) is 0 Å². The van der Waals surface area contributed by atoms with Crippen molar-refractivity contribution < 1.29 is 22.8 Å². The first-order chi connectivity index (χ1) is 17.3. The van der Waals surface area contributed by atoms with Crippen LogP contribution in [0.4, 0.5) is 5.69 Å². The summed E-state index contributed by atoms with van der Waals surface area (Å²) in [7, 11) is -2.42. The highest BCUT2D eigenvalue weighted by molar-refractivity contribution is 7.92. The summed E-state index contributed by atoms with van der Waals surface area (Å²) in [5, 5.41) is 2.96. The molecule has 0 aliphatic carbocycles. The highest BCUT2D eigenvalue weighted by atomic mass is 32.2. The Morgan fingerprint density at radius 1 is 1.17 bits per heavy atom. The summed E-state index contributed by atoms with van der Waals surface area (Å²) in [6, 6.07) is 11.7. The largest absolute Gasteiger partial charge is 0.370 e. The van der Waals surface area contributed by atoms with Crippen LogP contribution in [0.1, 0.15) is 29.3 Å². The second kappa shape index (κ2) is 11.2. The molecular formula is C26H33N4O5S+. The summed E-state index contributed by atoms with van der Waals surface area (Å²) >= 11 is 0. The van der Waals surface area contributed by atoms with Gasteiger partial charge < -0.3 is 19.9 Å². The van der Waals surface area contributed by atoms with E-state index in [9.17, 15) is 18.0 Å². The van der Waals surface area contributed by atoms with Gasteiger partial charge in [-0.3, -0.25) is 13.9 Å². The zero-order chi connectivity index (χ0) is 25.7. The minimum Gasteiger partial charge on any atom is -0.370 e. The predicted molar refractivity (Wildman–Crippen MR) is 139 cm³/mol. The van der Waals surface area contributed by atoms with Gasteiger partial charge in [0.15, 0.2) is 0 Å². The van der Waals surface area contributed by atoms with Gasteiger partial charge >= 0.3 is 0 Å². The van der Waals surface area contributed by atoms with Crippen molar-refractivity contribution in [1.29, 1.82) is 0 Å². The molecule has 0 atom stereocenters. The number of carbonyl (C=O) groups is 1. The van der Waals surface area contributed by atoms with Gasteiger partial charge in [0.2, 0.25) is 5.43 Å². The second-order valence-electron chi connectivity index (χ2n) is 8.92. The molecule has 1 aliphatic heterocycles. The summed E-state index contributed by atoms with van der Waals surface area (Å²) in [6.45, 7) is 6.78. The fourth-order valence-electron chi connectivity index (χ4n) is 4.48. The first kappa shape index (κ1) is 25.9. The number of rotatable bonds is 9. The summed E-state index contributed by atoms with van der Waals surface area (Å²) in [5.74, 6) is -0.475. The lowest BCUT2D eigenvalue weighted by molar-refractivity contribution is -0.908. The standard InChI is InChI=1S/C26H32N4O5S/c1-3-19-7-4-5-8-24(19)29(2)36(33,34)20-9-10-23-21(17-20)25(31)22(18-28-23)26(32)27-11-6-12-30-13-15-35-16-14-30/h4-5,7-10,17-18H,3,6,11-16H2,1-2H3,(H,27,32)(H,28,31)/p+1. The number of aromatic nitrogens is 1. The smallest absolute Gasteiger partial charge is 0.264 e. The van der Waals surface area contributed by atoms with Crippen LogP contribution >= 0.6 is 0 Å². The molecule has 0 bridgehead atoms. The molecule has 9 nitrogen and oxygen atoms in total. The first-order valence-electron chi connectivity index (χ1n) is 12.2. The van der Waals surface area contributed by atoms with Crippen LogP contribution < -0.4 is 20.0 Å². The molecule has 0 saturated carbocycles. The Kier molecular flexibility index (Phi) is 8.07. The van der Waals surface area contributed by atoms with E-state index in [4.69, 9.17) is 4.74 Å². The number of fused-ring (bicyclic) bond motifs is 1. The SMILES string of the molecule is CCc1ccccc1N(C)S(=O)(=O)c1ccc2[nH]cc(C(=O)NCCC[NH+]3CCOCC3)c(=O)c2c1. The number of morpholine rings is 1. The van der Waals surface area contributed by atoms with Crippen molar-refractivity contribution >= 4 is 32.5 Å². The van der Waals surface area contributed by atoms with Crippen LogP contribution in [0.5, 0.6) is 0 Å². The number of H-pyrrole nitrogens is 1. The highest BCUT2D eigenvalue weighted by Gasteiger charge is 2.24. The Morgan fingerprint density at radius 2 is 1.92 bits per heavy atom. The maximum absolute atomic E-state index is 13.4. The third-order valence-corrected chi connectivity index (χ3v) is 8.43. The predicted octanol–water partition coefficient (Wildman–Crippen LogP) is 0.951. The topological polar surface area (TPSA) is 113 Å². The van der Waals surface area contributed by atoms with Gasteiger partial charge in [-0.2, -0.15) is 0 Å². The quantitative estimate of drug-likeness (QED) is 0.369. The molecule has 3 aromatic rings. The van der Waals surface area contributed by atoms with Gasteiger partial charge in [0.05, 0.1) is 30.3 Å². The van der Waals surface area contributed by atoms with Gasteiger partial charge in [0.1, 0.15) is 18.7 Å². The second-order valence-corrected chi connectivity index (χ2v) is 10.9. The number of aromatic amines is 1. The Balaban J connectivity index is 1.53. The normalized spacial score (nSPS) is 14.6. The maximum Gasteiger partial charge on any atom is 0.264 e. The van der Waals surface area contributed by atoms with Crippen molar-refractivity contribution in [3.63, 3.8) is 0 Å². The van der Waals surface area contributed by atoms with E-state index < -0.39 is 21.4 Å². The van der Waals surface area contributed by atoms with Crippen molar-refractivity contribution in [1.82, 2.24) is 10.3 Å². The minimum absolute atomic E-state index is 0.0139. The zero-order valence-electron chi connectivity index (χ0n) is 20.7. The van der Waals surface area contributed by atoms with Crippen molar-refractivity contribution in [2.24, 2.45) is 0 Å². The van der Waals surface area contributed by atoms with Crippen molar-refractivity contribution in [3.05, 3.63) is 70.0 Å². The molecule has 4 rings (SSSR count). The number of carbonyl (C=O) groups excluding carboxylic acids is 1. The Hall–Kier alpha value is -3.21. The molecule has 1 aromatic heterocycles. The van der Waals surface area contributed by atoms with E-state index in [0.29, 0.717) is 24.2 Å². The van der Waals surface area contributed by atoms with Gasteiger partial charge in [0, 0.05) is 37.1 Å². The summed E-state index contributed by atoms with van der Waals surface area (Å²) in [4.78, 5) is 30.3. The van der Waals surface area contributed by atoms with Crippen LogP contribution in [-0.2, 0) is 21.2 Å². The lowest BCUT2D eigenvalue weighted by Crippen LogP contribution is -3.14. The molecule has 10 heteroatoms. The number of nitrogens with one attached hydrogen (secondary N) is 3. The Labute approximate surface area is 211 Å². The minimum atomic E-state index is -3.93. The molecule has 3 N–H and O–H groups in total. The van der Waals surface area contributed by atoms with Crippen molar-refractivity contribution in [2.75, 3.05) is 50.7 Å². The molecule has 192 valence electrons. The Bertz CT molecular complexity index is 1400. The number of pyridine rings is 1. The third kappa shape index (κ3) is 5.45. The number of hydrogen-bond donors (Lipinski definition) is 3. The number of aryl methyl sites for hydroxylation is 1. The zero-order valence-corrected chi connectivity index (χ0v) is 21.5. The molecule has 1 fully saturated rings. The van der Waals surface area contributed by atoms with E-state index >= 15 is 0 Å². The van der Waals surface area contributed by atoms with Crippen LogP contribution in [0, 0.1) is 0 Å². The fraction of sp³-hybridized carbons (Fsp3) is 0.385. The number of amides is 1. The number of nitrogens with zero attached hydrogens (tertiary/aromatic N) is 1. The molecule has 2 heterocycles. The number of quaternary nitrogens is 1. The van der Waals surface area contributed by atoms with Crippen LogP contribution in [0.25, 0.3) is 10.9 Å². The van der Waals surface area contributed by atoms with Crippen LogP contribution in [-0.4, -0.2) is 65.7 Å². The summed E-state index contributed by atoms with van der Waals surface area (Å²) in [5.41, 5.74) is 1.40. The van der Waals surface area contributed by atoms with Gasteiger partial charge in [0.25, 0.3) is 15.9 Å². The lowest BCUT2D eigenvalue weighted by atomic mass is 10.1. The lowest BCUT2D eigenvalue weighted by Gasteiger charge is -2.23. The molecule has 36 heavy (non-hydrogen) atoms. The molecule has 1 saturated heterocycles. The van der Waals surface area contributed by atoms with Gasteiger partial charge in [-0.15, -0.1) is 0 Å². The first-order valence-corrected chi connectivity index (χ1v) is 13.7. The molecule has 2 aromatic carbocycles. The van der Waals surface area contributed by atoms with Gasteiger partial charge in [-0.05, 0) is 36.2 Å². The molecule has 0 radical (unpaired) electrons. The number of anilines is 1. The van der Waals surface area contributed by atoms with E-state index in [2.05, 4.69) is 10.3 Å². The fourth-order valence-corrected chi connectivity index (χ4v) is 5.74. The molecule has 1 amide bonds. The Morgan fingerprint density at radius 3 is 2.67 bits per heavy atom. The number of ether oxygens (including phenoxy) is 1. The molecular weight excluding hydrogens is 480 g/mol. The third-order valence-electron chi connectivity index (χ3n) is 6.66. The monoisotopic (exact) mass is 513 g/mol. The van der Waals surface area contributed by atoms with E-state index in [0.717, 1.165) is 44.8 Å². The van der Waals surface area contributed by atoms with Crippen LogP contribution in [0.15, 0.2) is 58.4 Å². The molecule has 1 aliphatic rings. The summed E-state index contributed by atoms with van der Waals surface area (Å²) < 4.78 is 33.4. The van der Waals surface area contributed by atoms with E-state index in [1.807, 2.05) is 19.1 Å². The van der Waals surface area contributed by atoms with Crippen LogP contribution in [0.3, 0.4) is 0 Å². The van der Waals surface area contributed by atoms with E-state index in [1.54, 1.807) is 18.2 Å². The van der Waals surface area contributed by atoms with E-state index in [-0.39, 0.29) is 15.8 Å². The number of hydrogen-bond acceptors (Lipinski definition) is 5. The molecule has 0 unspecified atom stereocenters. The number of para-hydroxylation sites is 1. The number of benzene rings is 2. The molecule has 0 spiro atoms. The van der Waals surface area contributed by atoms with Gasteiger partial charge in [-0.1, -0.05) is 25.1 Å². The number of sulfonamides is 1. The van der Waals surface area contributed by atoms with Gasteiger partial charge in [-0.25, -0.2) is 8.42 Å². The van der Waals surface area contributed by atoms with E-state index in [1.165, 1.54) is 34.6 Å². The van der Waals surface area contributed by atoms with Crippen molar-refractivity contribution in [2.45, 2.75) is 24.7 Å². The highest BCUT2D eigenvalue weighted by Crippen LogP contribution is 2.27. The van der Waals surface area contributed by atoms with Crippen LogP contribution in [0.2, 0.25) is 0 Å². The maximum atomic E-state index is 13.4. The average Bonchev–Trinajstić information content (AvgIpc) is 2.91. The summed E-state index contributed by atoms with van der Waals surface area (Å²) in [6.07, 6.45) is 2.85. The average molecular weight is 514 g/mol.